The highest BCUT2D eigenvalue weighted by Crippen LogP contribution is 2.20. The summed E-state index contributed by atoms with van der Waals surface area (Å²) in [7, 11) is 0. The quantitative estimate of drug-likeness (QED) is 0.574. The molecular weight excluding hydrogens is 373 g/mol. The molecule has 7 heteroatoms. The Hall–Kier alpha value is -3.48. The first-order chi connectivity index (χ1) is 14.0. The van der Waals surface area contributed by atoms with Gasteiger partial charge < -0.3 is 15.1 Å². The van der Waals surface area contributed by atoms with Crippen LogP contribution in [0.25, 0.3) is 11.3 Å². The van der Waals surface area contributed by atoms with Crippen LogP contribution in [0, 0.1) is 12.7 Å². The van der Waals surface area contributed by atoms with Crippen molar-refractivity contribution in [2.24, 2.45) is 0 Å². The third-order valence-electron chi connectivity index (χ3n) is 4.34. The molecule has 150 valence electrons. The maximum Gasteiger partial charge on any atom is 0.251 e. The molecule has 0 aliphatic heterocycles. The Balaban J connectivity index is 1.36. The molecular formula is C22H22FN3O3. The first-order valence-corrected chi connectivity index (χ1v) is 9.34. The minimum absolute atomic E-state index is 0.167. The standard InChI is InChI=1S/C22H22FN3O3/c1-15-7-8-17(13-18(15)23)22(28)25-12-11-24-20(27)9-10-21-26-14-19(29-21)16-5-3-2-4-6-16/h2-8,13-14H,9-12H2,1H3,(H,24,27)(H,25,28). The molecule has 29 heavy (non-hydrogen) atoms. The molecule has 0 aliphatic carbocycles. The Bertz CT molecular complexity index is 986. The number of carbonyl (C=O) groups excluding carboxylic acids is 2. The van der Waals surface area contributed by atoms with Gasteiger partial charge in [0.2, 0.25) is 5.91 Å². The maximum absolute atomic E-state index is 13.5. The van der Waals surface area contributed by atoms with Gasteiger partial charge in [-0.15, -0.1) is 0 Å². The average molecular weight is 395 g/mol. The van der Waals surface area contributed by atoms with Crippen LogP contribution in [0.1, 0.15) is 28.2 Å². The zero-order valence-electron chi connectivity index (χ0n) is 16.1. The van der Waals surface area contributed by atoms with Crippen molar-refractivity contribution in [3.8, 4) is 11.3 Å². The van der Waals surface area contributed by atoms with Gasteiger partial charge in [-0.05, 0) is 24.6 Å². The molecule has 0 saturated heterocycles. The molecule has 1 heterocycles. The van der Waals surface area contributed by atoms with Gasteiger partial charge in [-0.2, -0.15) is 0 Å². The molecule has 2 N–H and O–H groups in total. The van der Waals surface area contributed by atoms with E-state index in [1.807, 2.05) is 30.3 Å². The van der Waals surface area contributed by atoms with E-state index >= 15 is 0 Å². The van der Waals surface area contributed by atoms with Gasteiger partial charge in [0.25, 0.3) is 5.91 Å². The van der Waals surface area contributed by atoms with Gasteiger partial charge in [0.05, 0.1) is 6.20 Å². The fourth-order valence-electron chi connectivity index (χ4n) is 2.68. The van der Waals surface area contributed by atoms with E-state index in [1.54, 1.807) is 25.3 Å². The summed E-state index contributed by atoms with van der Waals surface area (Å²) >= 11 is 0. The van der Waals surface area contributed by atoms with E-state index in [9.17, 15) is 14.0 Å². The highest BCUT2D eigenvalue weighted by molar-refractivity contribution is 5.94. The van der Waals surface area contributed by atoms with Crippen molar-refractivity contribution < 1.29 is 18.4 Å². The SMILES string of the molecule is Cc1ccc(C(=O)NCCNC(=O)CCc2ncc(-c3ccccc3)o2)cc1F. The molecule has 3 rings (SSSR count). The predicted molar refractivity (Wildman–Crippen MR) is 107 cm³/mol. The van der Waals surface area contributed by atoms with E-state index in [4.69, 9.17) is 4.42 Å². The summed E-state index contributed by atoms with van der Waals surface area (Å²) in [6.45, 7) is 2.16. The van der Waals surface area contributed by atoms with E-state index in [0.717, 1.165) is 5.56 Å². The van der Waals surface area contributed by atoms with E-state index in [2.05, 4.69) is 15.6 Å². The van der Waals surface area contributed by atoms with Gasteiger partial charge in [-0.1, -0.05) is 36.4 Å². The van der Waals surface area contributed by atoms with Crippen molar-refractivity contribution in [2.45, 2.75) is 19.8 Å². The van der Waals surface area contributed by atoms with Crippen molar-refractivity contribution in [3.05, 3.63) is 77.6 Å². The van der Waals surface area contributed by atoms with E-state index in [0.29, 0.717) is 23.6 Å². The van der Waals surface area contributed by atoms with Gasteiger partial charge in [0, 0.05) is 37.1 Å². The fraction of sp³-hybridized carbons (Fsp3) is 0.227. The van der Waals surface area contributed by atoms with Crippen molar-refractivity contribution in [1.82, 2.24) is 15.6 Å². The molecule has 0 saturated carbocycles. The van der Waals surface area contributed by atoms with Crippen LogP contribution in [-0.2, 0) is 11.2 Å². The largest absolute Gasteiger partial charge is 0.441 e. The van der Waals surface area contributed by atoms with E-state index in [1.165, 1.54) is 6.07 Å². The molecule has 0 aliphatic rings. The van der Waals surface area contributed by atoms with Crippen LogP contribution in [0.15, 0.2) is 59.1 Å². The van der Waals surface area contributed by atoms with Crippen LogP contribution >= 0.6 is 0 Å². The molecule has 2 amide bonds. The maximum atomic E-state index is 13.5. The number of rotatable bonds is 8. The molecule has 0 bridgehead atoms. The van der Waals surface area contributed by atoms with Crippen molar-refractivity contribution in [1.29, 1.82) is 0 Å². The molecule has 0 unspecified atom stereocenters. The van der Waals surface area contributed by atoms with Crippen molar-refractivity contribution >= 4 is 11.8 Å². The first-order valence-electron chi connectivity index (χ1n) is 9.34. The Morgan fingerprint density at radius 2 is 1.83 bits per heavy atom. The van der Waals surface area contributed by atoms with Crippen LogP contribution < -0.4 is 10.6 Å². The average Bonchev–Trinajstić information content (AvgIpc) is 3.21. The number of benzene rings is 2. The number of halogens is 1. The number of carbonyl (C=O) groups is 2. The number of oxazole rings is 1. The second kappa shape index (κ2) is 9.64. The molecule has 0 atom stereocenters. The highest BCUT2D eigenvalue weighted by Gasteiger charge is 2.10. The Labute approximate surface area is 168 Å². The monoisotopic (exact) mass is 395 g/mol. The zero-order chi connectivity index (χ0) is 20.6. The number of nitrogens with zero attached hydrogens (tertiary/aromatic N) is 1. The first kappa shape index (κ1) is 20.3. The summed E-state index contributed by atoms with van der Waals surface area (Å²) in [6, 6.07) is 13.9. The molecule has 3 aromatic rings. The van der Waals surface area contributed by atoms with Crippen LogP contribution in [0.4, 0.5) is 4.39 Å². The van der Waals surface area contributed by atoms with Crippen LogP contribution in [0.3, 0.4) is 0 Å². The third-order valence-corrected chi connectivity index (χ3v) is 4.34. The number of aromatic nitrogens is 1. The van der Waals surface area contributed by atoms with E-state index < -0.39 is 5.82 Å². The Morgan fingerprint density at radius 3 is 2.59 bits per heavy atom. The van der Waals surface area contributed by atoms with Gasteiger partial charge >= 0.3 is 0 Å². The minimum Gasteiger partial charge on any atom is -0.441 e. The Kier molecular flexibility index (Phi) is 6.73. The minimum atomic E-state index is -0.423. The molecule has 0 fully saturated rings. The number of hydrogen-bond acceptors (Lipinski definition) is 4. The summed E-state index contributed by atoms with van der Waals surface area (Å²) in [5.41, 5.74) is 1.66. The summed E-state index contributed by atoms with van der Waals surface area (Å²) in [5.74, 6) is 0.185. The van der Waals surface area contributed by atoms with Gasteiger partial charge in [0.15, 0.2) is 11.7 Å². The Morgan fingerprint density at radius 1 is 1.07 bits per heavy atom. The van der Waals surface area contributed by atoms with Gasteiger partial charge in [-0.3, -0.25) is 9.59 Å². The molecule has 0 spiro atoms. The van der Waals surface area contributed by atoms with Crippen LogP contribution in [0.5, 0.6) is 0 Å². The lowest BCUT2D eigenvalue weighted by atomic mass is 10.1. The number of hydrogen-bond donors (Lipinski definition) is 2. The summed E-state index contributed by atoms with van der Waals surface area (Å²) in [5, 5.41) is 5.37. The normalized spacial score (nSPS) is 10.6. The summed E-state index contributed by atoms with van der Waals surface area (Å²) < 4.78 is 19.2. The predicted octanol–water partition coefficient (Wildman–Crippen LogP) is 3.27. The van der Waals surface area contributed by atoms with Gasteiger partial charge in [0.1, 0.15) is 5.82 Å². The molecule has 0 radical (unpaired) electrons. The van der Waals surface area contributed by atoms with Crippen molar-refractivity contribution in [3.63, 3.8) is 0 Å². The van der Waals surface area contributed by atoms with Gasteiger partial charge in [-0.25, -0.2) is 9.37 Å². The van der Waals surface area contributed by atoms with E-state index in [-0.39, 0.29) is 36.9 Å². The third kappa shape index (κ3) is 5.75. The number of aryl methyl sites for hydroxylation is 2. The molecule has 2 aromatic carbocycles. The topological polar surface area (TPSA) is 84.2 Å². The zero-order valence-corrected chi connectivity index (χ0v) is 16.1. The second-order valence-corrected chi connectivity index (χ2v) is 6.55. The summed E-state index contributed by atoms with van der Waals surface area (Å²) in [4.78, 5) is 28.1. The number of amides is 2. The lowest BCUT2D eigenvalue weighted by molar-refractivity contribution is -0.121. The fourth-order valence-corrected chi connectivity index (χ4v) is 2.68. The van der Waals surface area contributed by atoms with Crippen molar-refractivity contribution in [2.75, 3.05) is 13.1 Å². The van der Waals surface area contributed by atoms with Crippen LogP contribution in [-0.4, -0.2) is 29.9 Å². The summed E-state index contributed by atoms with van der Waals surface area (Å²) in [6.07, 6.45) is 2.26. The lowest BCUT2D eigenvalue weighted by Crippen LogP contribution is -2.34. The second-order valence-electron chi connectivity index (χ2n) is 6.55. The highest BCUT2D eigenvalue weighted by atomic mass is 19.1. The lowest BCUT2D eigenvalue weighted by Gasteiger charge is -2.07. The molecule has 1 aromatic heterocycles. The van der Waals surface area contributed by atoms with Crippen LogP contribution in [0.2, 0.25) is 0 Å². The smallest absolute Gasteiger partial charge is 0.251 e. The number of nitrogens with one attached hydrogen (secondary N) is 2. The molecule has 6 nitrogen and oxygen atoms in total.